The fourth-order valence-electron chi connectivity index (χ4n) is 2.81. The Labute approximate surface area is 156 Å². The first-order valence-corrected chi connectivity index (χ1v) is 8.66. The maximum Gasteiger partial charge on any atom is 0.264 e. The third-order valence-corrected chi connectivity index (χ3v) is 4.45. The molecule has 6 heteroatoms. The summed E-state index contributed by atoms with van der Waals surface area (Å²) in [4.78, 5) is 26.2. The molecule has 0 N–H and O–H groups in total. The monoisotopic (exact) mass is 370 g/mol. The van der Waals surface area contributed by atoms with E-state index in [0.29, 0.717) is 23.0 Å². The highest BCUT2D eigenvalue weighted by Crippen LogP contribution is 2.24. The minimum atomic E-state index is -0.240. The molecular formula is C20H19ClN2O3. The fraction of sp³-hybridized carbons (Fsp3) is 0.200. The van der Waals surface area contributed by atoms with Crippen molar-refractivity contribution in [2.75, 3.05) is 18.6 Å². The van der Waals surface area contributed by atoms with E-state index in [-0.39, 0.29) is 18.1 Å². The second-order valence-electron chi connectivity index (χ2n) is 5.83. The molecule has 3 aromatic rings. The van der Waals surface area contributed by atoms with E-state index in [0.717, 1.165) is 10.9 Å². The van der Waals surface area contributed by atoms with Gasteiger partial charge in [-0.25, -0.2) is 0 Å². The Hall–Kier alpha value is -2.79. The topological polar surface area (TPSA) is 51.5 Å². The van der Waals surface area contributed by atoms with Gasteiger partial charge in [0, 0.05) is 35.8 Å². The summed E-state index contributed by atoms with van der Waals surface area (Å²) in [6.07, 6.45) is 0. The number of amides is 1. The average Bonchev–Trinajstić information content (AvgIpc) is 2.65. The minimum Gasteiger partial charge on any atom is -0.483 e. The molecule has 0 saturated carbocycles. The molecule has 0 unspecified atom stereocenters. The minimum absolute atomic E-state index is 0.156. The third kappa shape index (κ3) is 3.58. The standard InChI is InChI=1S/C20H19ClN2O3/c1-3-23-17-10-5-4-9-16(17)18(12-19(23)24)26-13-20(25)22(2)15-8-6-7-14(21)11-15/h4-12H,3,13H2,1-2H3. The lowest BCUT2D eigenvalue weighted by molar-refractivity contribution is -0.120. The molecule has 3 rings (SSSR count). The third-order valence-electron chi connectivity index (χ3n) is 4.22. The summed E-state index contributed by atoms with van der Waals surface area (Å²) in [6, 6.07) is 15.9. The van der Waals surface area contributed by atoms with Gasteiger partial charge in [-0.15, -0.1) is 0 Å². The number of likely N-dealkylation sites (N-methyl/N-ethyl adjacent to an activating group) is 1. The summed E-state index contributed by atoms with van der Waals surface area (Å²) < 4.78 is 7.37. The Balaban J connectivity index is 1.84. The predicted octanol–water partition coefficient (Wildman–Crippen LogP) is 3.72. The van der Waals surface area contributed by atoms with Crippen LogP contribution in [0.1, 0.15) is 6.92 Å². The summed E-state index contributed by atoms with van der Waals surface area (Å²) in [5, 5.41) is 1.35. The van der Waals surface area contributed by atoms with Crippen molar-refractivity contribution in [2.24, 2.45) is 0 Å². The Bertz CT molecular complexity index is 1010. The van der Waals surface area contributed by atoms with E-state index in [9.17, 15) is 9.59 Å². The van der Waals surface area contributed by atoms with Crippen LogP contribution in [0.4, 0.5) is 5.69 Å². The summed E-state index contributed by atoms with van der Waals surface area (Å²) in [5.74, 6) is 0.166. The van der Waals surface area contributed by atoms with Gasteiger partial charge >= 0.3 is 0 Å². The van der Waals surface area contributed by atoms with Gasteiger partial charge < -0.3 is 14.2 Å². The molecule has 134 valence electrons. The molecule has 5 nitrogen and oxygen atoms in total. The molecule has 0 aliphatic carbocycles. The maximum atomic E-state index is 12.4. The maximum absolute atomic E-state index is 12.4. The number of ether oxygens (including phenoxy) is 1. The lowest BCUT2D eigenvalue weighted by atomic mass is 10.2. The highest BCUT2D eigenvalue weighted by atomic mass is 35.5. The van der Waals surface area contributed by atoms with Gasteiger partial charge in [0.1, 0.15) is 5.75 Å². The summed E-state index contributed by atoms with van der Waals surface area (Å²) in [7, 11) is 1.66. The predicted molar refractivity (Wildman–Crippen MR) is 104 cm³/mol. The van der Waals surface area contributed by atoms with Crippen LogP contribution < -0.4 is 15.2 Å². The van der Waals surface area contributed by atoms with E-state index in [4.69, 9.17) is 16.3 Å². The number of nitrogens with zero attached hydrogens (tertiary/aromatic N) is 2. The molecule has 0 atom stereocenters. The van der Waals surface area contributed by atoms with Crippen molar-refractivity contribution < 1.29 is 9.53 Å². The number of benzene rings is 2. The van der Waals surface area contributed by atoms with Crippen LogP contribution in [-0.2, 0) is 11.3 Å². The van der Waals surface area contributed by atoms with Crippen LogP contribution in [-0.4, -0.2) is 24.1 Å². The Morgan fingerprint density at radius 2 is 1.92 bits per heavy atom. The van der Waals surface area contributed by atoms with Gasteiger partial charge in [0.05, 0.1) is 5.52 Å². The SMILES string of the molecule is CCn1c(=O)cc(OCC(=O)N(C)c2cccc(Cl)c2)c2ccccc21. The van der Waals surface area contributed by atoms with Gasteiger partial charge in [-0.2, -0.15) is 0 Å². The Morgan fingerprint density at radius 1 is 1.15 bits per heavy atom. The smallest absolute Gasteiger partial charge is 0.264 e. The molecule has 0 saturated heterocycles. The van der Waals surface area contributed by atoms with E-state index in [1.165, 1.54) is 11.0 Å². The first-order valence-electron chi connectivity index (χ1n) is 8.28. The molecule has 1 amide bonds. The van der Waals surface area contributed by atoms with Crippen molar-refractivity contribution in [3.63, 3.8) is 0 Å². The Morgan fingerprint density at radius 3 is 2.65 bits per heavy atom. The van der Waals surface area contributed by atoms with Gasteiger partial charge in [-0.05, 0) is 37.3 Å². The van der Waals surface area contributed by atoms with Crippen molar-refractivity contribution >= 4 is 34.1 Å². The van der Waals surface area contributed by atoms with Gasteiger partial charge in [-0.1, -0.05) is 29.8 Å². The van der Waals surface area contributed by atoms with Crippen molar-refractivity contribution in [3.8, 4) is 5.75 Å². The second kappa shape index (κ2) is 7.62. The lowest BCUT2D eigenvalue weighted by Crippen LogP contribution is -2.31. The molecule has 1 heterocycles. The summed E-state index contributed by atoms with van der Waals surface area (Å²) in [5.41, 5.74) is 1.31. The zero-order valence-corrected chi connectivity index (χ0v) is 15.4. The highest BCUT2D eigenvalue weighted by Gasteiger charge is 2.14. The zero-order chi connectivity index (χ0) is 18.7. The number of carbonyl (C=O) groups excluding carboxylic acids is 1. The number of aryl methyl sites for hydroxylation is 1. The van der Waals surface area contributed by atoms with Crippen LogP contribution in [0.15, 0.2) is 59.4 Å². The molecule has 26 heavy (non-hydrogen) atoms. The first-order chi connectivity index (χ1) is 12.5. The highest BCUT2D eigenvalue weighted by molar-refractivity contribution is 6.30. The van der Waals surface area contributed by atoms with Gasteiger partial charge in [0.15, 0.2) is 6.61 Å². The molecule has 0 fully saturated rings. The van der Waals surface area contributed by atoms with E-state index in [2.05, 4.69) is 0 Å². The van der Waals surface area contributed by atoms with Crippen LogP contribution in [0.2, 0.25) is 5.02 Å². The lowest BCUT2D eigenvalue weighted by Gasteiger charge is -2.18. The molecule has 2 aromatic carbocycles. The van der Waals surface area contributed by atoms with Crippen LogP contribution >= 0.6 is 11.6 Å². The first kappa shape index (κ1) is 18.0. The molecule has 1 aromatic heterocycles. The molecule has 0 aliphatic heterocycles. The average molecular weight is 371 g/mol. The number of halogens is 1. The van der Waals surface area contributed by atoms with Crippen molar-refractivity contribution in [3.05, 3.63) is 70.0 Å². The van der Waals surface area contributed by atoms with Gasteiger partial charge in [0.25, 0.3) is 11.5 Å². The number of rotatable bonds is 5. The van der Waals surface area contributed by atoms with E-state index >= 15 is 0 Å². The molecular weight excluding hydrogens is 352 g/mol. The van der Waals surface area contributed by atoms with Crippen molar-refractivity contribution in [2.45, 2.75) is 13.5 Å². The number of fused-ring (bicyclic) bond motifs is 1. The van der Waals surface area contributed by atoms with E-state index in [1.807, 2.05) is 31.2 Å². The van der Waals surface area contributed by atoms with Crippen LogP contribution in [0.3, 0.4) is 0 Å². The quantitative estimate of drug-likeness (QED) is 0.687. The largest absolute Gasteiger partial charge is 0.483 e. The van der Waals surface area contributed by atoms with Crippen LogP contribution in [0.5, 0.6) is 5.75 Å². The molecule has 0 bridgehead atoms. The van der Waals surface area contributed by atoms with Gasteiger partial charge in [-0.3, -0.25) is 9.59 Å². The Kier molecular flexibility index (Phi) is 5.28. The number of hydrogen-bond donors (Lipinski definition) is 0. The second-order valence-corrected chi connectivity index (χ2v) is 6.27. The zero-order valence-electron chi connectivity index (χ0n) is 14.6. The van der Waals surface area contributed by atoms with Crippen LogP contribution in [0.25, 0.3) is 10.9 Å². The van der Waals surface area contributed by atoms with Gasteiger partial charge in [0.2, 0.25) is 0 Å². The number of para-hydroxylation sites is 1. The van der Waals surface area contributed by atoms with Crippen molar-refractivity contribution in [1.82, 2.24) is 4.57 Å². The van der Waals surface area contributed by atoms with Crippen LogP contribution in [0, 0.1) is 0 Å². The number of pyridine rings is 1. The molecule has 0 aliphatic rings. The number of anilines is 1. The van der Waals surface area contributed by atoms with E-state index < -0.39 is 0 Å². The fourth-order valence-corrected chi connectivity index (χ4v) is 3.00. The van der Waals surface area contributed by atoms with Crippen molar-refractivity contribution in [1.29, 1.82) is 0 Å². The number of hydrogen-bond acceptors (Lipinski definition) is 3. The number of aromatic nitrogens is 1. The summed E-state index contributed by atoms with van der Waals surface area (Å²) >= 11 is 5.97. The molecule has 0 spiro atoms. The summed E-state index contributed by atoms with van der Waals surface area (Å²) in [6.45, 7) is 2.30. The van der Waals surface area contributed by atoms with E-state index in [1.54, 1.807) is 35.9 Å². The molecule has 0 radical (unpaired) electrons. The normalized spacial score (nSPS) is 10.7. The number of carbonyl (C=O) groups is 1.